The van der Waals surface area contributed by atoms with Crippen LogP contribution in [0.4, 0.5) is 0 Å². The van der Waals surface area contributed by atoms with Crippen molar-refractivity contribution in [2.75, 3.05) is 0 Å². The third-order valence-electron chi connectivity index (χ3n) is 4.75. The number of benzene rings is 2. The summed E-state index contributed by atoms with van der Waals surface area (Å²) in [6.07, 6.45) is 2.50. The molecule has 2 aromatic carbocycles. The Kier molecular flexibility index (Phi) is 6.19. The van der Waals surface area contributed by atoms with Gasteiger partial charge >= 0.3 is 5.97 Å². The second kappa shape index (κ2) is 8.97. The summed E-state index contributed by atoms with van der Waals surface area (Å²) in [5.74, 6) is -1.07. The van der Waals surface area contributed by atoms with E-state index in [0.29, 0.717) is 6.42 Å². The molecule has 29 heavy (non-hydrogen) atoms. The third-order valence-corrected chi connectivity index (χ3v) is 4.75. The van der Waals surface area contributed by atoms with E-state index in [1.165, 1.54) is 12.3 Å². The molecule has 1 N–H and O–H groups in total. The average molecular weight is 392 g/mol. The summed E-state index contributed by atoms with van der Waals surface area (Å²) >= 11 is 0. The molecular formula is C22H20N2O5. The van der Waals surface area contributed by atoms with Crippen LogP contribution in [0.15, 0.2) is 82.7 Å². The SMILES string of the molecule is CC1ON=C(Cc2ccccc2)C1(C=O)c1ccccc1.O=C(O)c1ccon1. The average Bonchev–Trinajstić information content (AvgIpc) is 3.39. The number of nitrogens with zero attached hydrogens (tertiary/aromatic N) is 2. The van der Waals surface area contributed by atoms with Crippen molar-refractivity contribution in [1.82, 2.24) is 5.16 Å². The maximum absolute atomic E-state index is 12.0. The second-order valence-electron chi connectivity index (χ2n) is 6.49. The van der Waals surface area contributed by atoms with E-state index < -0.39 is 11.4 Å². The third kappa shape index (κ3) is 4.24. The van der Waals surface area contributed by atoms with Crippen LogP contribution < -0.4 is 0 Å². The van der Waals surface area contributed by atoms with E-state index >= 15 is 0 Å². The number of hydrogen-bond acceptors (Lipinski definition) is 6. The molecule has 0 spiro atoms. The standard InChI is InChI=1S/C18H17NO2.C4H3NO3/c1-14-18(13-20,16-10-6-3-7-11-16)17(19-21-14)12-15-8-4-2-5-9-15;6-4(7)3-1-2-8-5-3/h2-11,13-14H,12H2,1H3;1-2H,(H,6,7). The van der Waals surface area contributed by atoms with E-state index in [1.807, 2.05) is 67.6 Å². The first-order valence-electron chi connectivity index (χ1n) is 9.00. The topological polar surface area (TPSA) is 102 Å². The summed E-state index contributed by atoms with van der Waals surface area (Å²) in [6, 6.07) is 21.0. The van der Waals surface area contributed by atoms with Gasteiger partial charge in [0.1, 0.15) is 24.1 Å². The lowest BCUT2D eigenvalue weighted by atomic mass is 9.72. The number of aromatic nitrogens is 1. The highest BCUT2D eigenvalue weighted by molar-refractivity contribution is 6.09. The molecule has 1 aliphatic heterocycles. The van der Waals surface area contributed by atoms with Crippen LogP contribution >= 0.6 is 0 Å². The van der Waals surface area contributed by atoms with E-state index in [-0.39, 0.29) is 11.8 Å². The number of carboxylic acid groups (broad SMARTS) is 1. The number of rotatable bonds is 5. The smallest absolute Gasteiger partial charge is 0.358 e. The Bertz CT molecular complexity index is 971. The van der Waals surface area contributed by atoms with Crippen LogP contribution in [0.1, 0.15) is 28.5 Å². The van der Waals surface area contributed by atoms with Crippen molar-refractivity contribution in [2.24, 2.45) is 5.16 Å². The molecule has 148 valence electrons. The van der Waals surface area contributed by atoms with Crippen molar-refractivity contribution in [3.05, 3.63) is 89.8 Å². The Balaban J connectivity index is 0.000000252. The summed E-state index contributed by atoms with van der Waals surface area (Å²) in [5, 5.41) is 15.5. The molecule has 1 aromatic heterocycles. The van der Waals surface area contributed by atoms with Crippen LogP contribution in [-0.2, 0) is 21.5 Å². The van der Waals surface area contributed by atoms with Crippen LogP contribution in [0.3, 0.4) is 0 Å². The fourth-order valence-electron chi connectivity index (χ4n) is 3.17. The van der Waals surface area contributed by atoms with Crippen molar-refractivity contribution in [3.63, 3.8) is 0 Å². The summed E-state index contributed by atoms with van der Waals surface area (Å²) in [6.45, 7) is 1.89. The summed E-state index contributed by atoms with van der Waals surface area (Å²) in [5.41, 5.74) is 1.96. The molecule has 3 aromatic rings. The molecule has 2 unspecified atom stereocenters. The molecule has 2 heterocycles. The van der Waals surface area contributed by atoms with Crippen LogP contribution in [-0.4, -0.2) is 34.3 Å². The summed E-state index contributed by atoms with van der Waals surface area (Å²) in [7, 11) is 0. The minimum Gasteiger partial charge on any atom is -0.476 e. The number of aromatic carboxylic acids is 1. The molecule has 0 fully saturated rings. The molecule has 0 saturated heterocycles. The molecule has 0 radical (unpaired) electrons. The van der Waals surface area contributed by atoms with Gasteiger partial charge in [0, 0.05) is 12.5 Å². The molecule has 0 saturated carbocycles. The van der Waals surface area contributed by atoms with Gasteiger partial charge in [-0.2, -0.15) is 0 Å². The highest BCUT2D eigenvalue weighted by Gasteiger charge is 2.48. The molecule has 7 nitrogen and oxygen atoms in total. The number of oxime groups is 1. The fourth-order valence-corrected chi connectivity index (χ4v) is 3.17. The largest absolute Gasteiger partial charge is 0.476 e. The van der Waals surface area contributed by atoms with E-state index in [1.54, 1.807) is 0 Å². The Hall–Kier alpha value is -3.74. The van der Waals surface area contributed by atoms with Gasteiger partial charge in [0.05, 0.1) is 5.71 Å². The molecular weight excluding hydrogens is 372 g/mol. The maximum atomic E-state index is 12.0. The van der Waals surface area contributed by atoms with E-state index in [9.17, 15) is 9.59 Å². The minimum absolute atomic E-state index is 0.0648. The van der Waals surface area contributed by atoms with Crippen LogP contribution in [0, 0.1) is 0 Å². The zero-order valence-electron chi connectivity index (χ0n) is 15.8. The lowest BCUT2D eigenvalue weighted by Gasteiger charge is -2.27. The lowest BCUT2D eigenvalue weighted by Crippen LogP contribution is -2.44. The van der Waals surface area contributed by atoms with Crippen LogP contribution in [0.2, 0.25) is 0 Å². The first kappa shape index (κ1) is 20.0. The Morgan fingerprint density at radius 1 is 1.10 bits per heavy atom. The van der Waals surface area contributed by atoms with E-state index in [0.717, 1.165) is 23.1 Å². The van der Waals surface area contributed by atoms with Crippen molar-refractivity contribution >= 4 is 18.0 Å². The number of aldehydes is 1. The molecule has 1 aliphatic rings. The van der Waals surface area contributed by atoms with Gasteiger partial charge in [-0.15, -0.1) is 0 Å². The predicted octanol–water partition coefficient (Wildman–Crippen LogP) is 3.51. The fraction of sp³-hybridized carbons (Fsp3) is 0.182. The maximum Gasteiger partial charge on any atom is 0.358 e. The molecule has 0 bridgehead atoms. The Morgan fingerprint density at radius 2 is 1.76 bits per heavy atom. The Morgan fingerprint density at radius 3 is 2.28 bits per heavy atom. The number of carboxylic acids is 1. The molecule has 2 atom stereocenters. The van der Waals surface area contributed by atoms with Gasteiger partial charge in [0.25, 0.3) is 0 Å². The number of carbonyl (C=O) groups excluding carboxylic acids is 1. The highest BCUT2D eigenvalue weighted by atomic mass is 16.6. The molecule has 0 amide bonds. The van der Waals surface area contributed by atoms with Gasteiger partial charge in [-0.3, -0.25) is 0 Å². The van der Waals surface area contributed by atoms with Crippen LogP contribution in [0.25, 0.3) is 0 Å². The summed E-state index contributed by atoms with van der Waals surface area (Å²) < 4.78 is 4.24. The number of hydrogen-bond donors (Lipinski definition) is 1. The first-order valence-corrected chi connectivity index (χ1v) is 9.00. The van der Waals surface area contributed by atoms with Crippen molar-refractivity contribution in [3.8, 4) is 0 Å². The van der Waals surface area contributed by atoms with E-state index in [4.69, 9.17) is 9.94 Å². The van der Waals surface area contributed by atoms with Crippen molar-refractivity contribution < 1.29 is 24.1 Å². The number of carbonyl (C=O) groups is 2. The molecule has 4 rings (SSSR count). The predicted molar refractivity (Wildman–Crippen MR) is 106 cm³/mol. The van der Waals surface area contributed by atoms with Gasteiger partial charge in [0.15, 0.2) is 5.69 Å². The van der Waals surface area contributed by atoms with Gasteiger partial charge in [-0.05, 0) is 18.1 Å². The van der Waals surface area contributed by atoms with Gasteiger partial charge in [-0.25, -0.2) is 4.79 Å². The lowest BCUT2D eigenvalue weighted by molar-refractivity contribution is -0.113. The van der Waals surface area contributed by atoms with Crippen LogP contribution in [0.5, 0.6) is 0 Å². The normalized spacial score (nSPS) is 20.0. The highest BCUT2D eigenvalue weighted by Crippen LogP contribution is 2.35. The zero-order chi connectivity index (χ0) is 20.7. The van der Waals surface area contributed by atoms with Crippen molar-refractivity contribution in [2.45, 2.75) is 24.9 Å². The quantitative estimate of drug-likeness (QED) is 0.667. The Labute approximate surface area is 167 Å². The first-order chi connectivity index (χ1) is 14.1. The monoisotopic (exact) mass is 392 g/mol. The van der Waals surface area contributed by atoms with Gasteiger partial charge in [-0.1, -0.05) is 71.0 Å². The van der Waals surface area contributed by atoms with E-state index in [2.05, 4.69) is 14.8 Å². The van der Waals surface area contributed by atoms with Gasteiger partial charge in [0.2, 0.25) is 0 Å². The van der Waals surface area contributed by atoms with Crippen molar-refractivity contribution in [1.29, 1.82) is 0 Å². The molecule has 0 aliphatic carbocycles. The minimum atomic E-state index is -1.07. The molecule has 7 heteroatoms. The summed E-state index contributed by atoms with van der Waals surface area (Å²) in [4.78, 5) is 27.4. The zero-order valence-corrected chi connectivity index (χ0v) is 15.8. The van der Waals surface area contributed by atoms with Gasteiger partial charge < -0.3 is 19.3 Å². The second-order valence-corrected chi connectivity index (χ2v) is 6.49.